The number of hydrogen-bond donors (Lipinski definition) is 3. The zero-order valence-electron chi connectivity index (χ0n) is 15.0. The van der Waals surface area contributed by atoms with Crippen LogP contribution in [0, 0.1) is 0 Å². The van der Waals surface area contributed by atoms with Crippen LogP contribution in [-0.2, 0) is 13.1 Å². The molecular weight excluding hydrogens is 322 g/mol. The van der Waals surface area contributed by atoms with Gasteiger partial charge in [-0.3, -0.25) is 5.32 Å². The Hall–Kier alpha value is -3.01. The summed E-state index contributed by atoms with van der Waals surface area (Å²) >= 11 is 0. The molecule has 4 nitrogen and oxygen atoms in total. The second kappa shape index (κ2) is 7.08. The van der Waals surface area contributed by atoms with Crippen LogP contribution in [-0.4, -0.2) is 10.1 Å². The molecule has 1 heterocycles. The summed E-state index contributed by atoms with van der Waals surface area (Å²) in [4.78, 5) is 3.48. The second-order valence-electron chi connectivity index (χ2n) is 6.63. The van der Waals surface area contributed by atoms with Crippen molar-refractivity contribution in [2.45, 2.75) is 32.9 Å². The van der Waals surface area contributed by atoms with Gasteiger partial charge in [0.25, 0.3) is 0 Å². The minimum absolute atomic E-state index is 0.326. The number of aromatic nitrogens is 2. The molecule has 1 aromatic heterocycles. The number of para-hydroxylation sites is 2. The molecule has 0 fully saturated rings. The summed E-state index contributed by atoms with van der Waals surface area (Å²) in [7, 11) is 0. The van der Waals surface area contributed by atoms with Crippen molar-refractivity contribution < 1.29 is 9.67 Å². The molecule has 26 heavy (non-hydrogen) atoms. The number of unbranched alkanes of at least 4 members (excludes halogenated alkanes) is 1. The standard InChI is InChI=1S/C22H23N3O/c1-2-3-14-25-20-11-7-6-10-19(20)24-22(25)23-15-18-17-9-5-4-8-16(17)12-13-21(18)26/h4-13H,2-3,14-15H2,1H3,(H2,23,24,26)/p+1. The van der Waals surface area contributed by atoms with E-state index >= 15 is 0 Å². The van der Waals surface area contributed by atoms with Crippen molar-refractivity contribution in [3.8, 4) is 5.75 Å². The van der Waals surface area contributed by atoms with Crippen LogP contribution in [0.2, 0.25) is 0 Å². The van der Waals surface area contributed by atoms with Crippen LogP contribution >= 0.6 is 0 Å². The van der Waals surface area contributed by atoms with E-state index in [2.05, 4.69) is 52.1 Å². The average molecular weight is 346 g/mol. The number of aromatic amines is 1. The summed E-state index contributed by atoms with van der Waals surface area (Å²) in [5.74, 6) is 1.31. The maximum atomic E-state index is 10.4. The van der Waals surface area contributed by atoms with Gasteiger partial charge in [-0.1, -0.05) is 55.8 Å². The molecule has 0 aliphatic rings. The zero-order valence-corrected chi connectivity index (χ0v) is 15.0. The molecule has 132 valence electrons. The Kier molecular flexibility index (Phi) is 4.48. The Morgan fingerprint density at radius 1 is 1.00 bits per heavy atom. The molecular formula is C22H24N3O+. The second-order valence-corrected chi connectivity index (χ2v) is 6.63. The summed E-state index contributed by atoms with van der Waals surface area (Å²) in [5, 5.41) is 16.1. The van der Waals surface area contributed by atoms with Crippen molar-refractivity contribution in [1.82, 2.24) is 4.98 Å². The lowest BCUT2D eigenvalue weighted by atomic mass is 10.0. The molecule has 0 bridgehead atoms. The fraction of sp³-hybridized carbons (Fsp3) is 0.227. The monoisotopic (exact) mass is 346 g/mol. The van der Waals surface area contributed by atoms with Gasteiger partial charge in [0.1, 0.15) is 16.8 Å². The third-order valence-electron chi connectivity index (χ3n) is 4.90. The third kappa shape index (κ3) is 2.99. The van der Waals surface area contributed by atoms with Crippen molar-refractivity contribution in [2.24, 2.45) is 0 Å². The van der Waals surface area contributed by atoms with E-state index in [1.807, 2.05) is 24.3 Å². The van der Waals surface area contributed by atoms with Crippen LogP contribution in [0.1, 0.15) is 25.3 Å². The average Bonchev–Trinajstić information content (AvgIpc) is 3.03. The van der Waals surface area contributed by atoms with Crippen molar-refractivity contribution in [1.29, 1.82) is 0 Å². The highest BCUT2D eigenvalue weighted by Crippen LogP contribution is 2.27. The fourth-order valence-corrected chi connectivity index (χ4v) is 3.50. The zero-order chi connectivity index (χ0) is 17.9. The molecule has 0 saturated carbocycles. The minimum Gasteiger partial charge on any atom is -0.508 e. The summed E-state index contributed by atoms with van der Waals surface area (Å²) < 4.78 is 2.29. The fourth-order valence-electron chi connectivity index (χ4n) is 3.50. The highest BCUT2D eigenvalue weighted by Gasteiger charge is 2.17. The minimum atomic E-state index is 0.326. The summed E-state index contributed by atoms with van der Waals surface area (Å²) in [6, 6.07) is 20.2. The maximum absolute atomic E-state index is 10.4. The highest BCUT2D eigenvalue weighted by molar-refractivity contribution is 5.87. The number of imidazole rings is 1. The van der Waals surface area contributed by atoms with Gasteiger partial charge in [-0.15, -0.1) is 0 Å². The van der Waals surface area contributed by atoms with E-state index in [0.717, 1.165) is 47.2 Å². The quantitative estimate of drug-likeness (QED) is 0.442. The Morgan fingerprint density at radius 2 is 1.81 bits per heavy atom. The summed E-state index contributed by atoms with van der Waals surface area (Å²) in [6.45, 7) is 3.73. The molecule has 4 rings (SSSR count). The number of H-pyrrole nitrogens is 1. The normalized spacial score (nSPS) is 11.3. The Bertz CT molecular complexity index is 1050. The molecule has 0 atom stereocenters. The van der Waals surface area contributed by atoms with Crippen molar-refractivity contribution in [3.63, 3.8) is 0 Å². The van der Waals surface area contributed by atoms with Gasteiger partial charge in [-0.25, -0.2) is 9.55 Å². The van der Waals surface area contributed by atoms with Gasteiger partial charge < -0.3 is 5.11 Å². The third-order valence-corrected chi connectivity index (χ3v) is 4.90. The number of phenols is 1. The Labute approximate surface area is 153 Å². The predicted octanol–water partition coefficient (Wildman–Crippen LogP) is 4.73. The SMILES string of the molecule is CCCC[n+]1c(NCc2c(O)ccc3ccccc23)[nH]c2ccccc21. The lowest BCUT2D eigenvalue weighted by Gasteiger charge is -2.09. The number of anilines is 1. The van der Waals surface area contributed by atoms with Crippen molar-refractivity contribution >= 4 is 27.8 Å². The number of nitrogens with one attached hydrogen (secondary N) is 2. The first-order valence-electron chi connectivity index (χ1n) is 9.22. The van der Waals surface area contributed by atoms with E-state index in [4.69, 9.17) is 0 Å². The van der Waals surface area contributed by atoms with E-state index in [-0.39, 0.29) is 0 Å². The predicted molar refractivity (Wildman–Crippen MR) is 106 cm³/mol. The smallest absolute Gasteiger partial charge is 0.356 e. The van der Waals surface area contributed by atoms with E-state index in [9.17, 15) is 5.11 Å². The van der Waals surface area contributed by atoms with Gasteiger partial charge in [0.2, 0.25) is 0 Å². The molecule has 0 spiro atoms. The maximum Gasteiger partial charge on any atom is 0.356 e. The van der Waals surface area contributed by atoms with Crippen LogP contribution < -0.4 is 9.88 Å². The number of benzene rings is 3. The first kappa shape index (κ1) is 16.5. The largest absolute Gasteiger partial charge is 0.508 e. The number of rotatable bonds is 6. The van der Waals surface area contributed by atoms with Gasteiger partial charge in [0.15, 0.2) is 0 Å². The lowest BCUT2D eigenvalue weighted by molar-refractivity contribution is -0.657. The molecule has 0 unspecified atom stereocenters. The highest BCUT2D eigenvalue weighted by atomic mass is 16.3. The van der Waals surface area contributed by atoms with Gasteiger partial charge >= 0.3 is 5.95 Å². The molecule has 0 amide bonds. The molecule has 4 aromatic rings. The van der Waals surface area contributed by atoms with Crippen LogP contribution in [0.3, 0.4) is 0 Å². The molecule has 0 saturated heterocycles. The Morgan fingerprint density at radius 3 is 2.69 bits per heavy atom. The number of aryl methyl sites for hydroxylation is 1. The number of phenolic OH excluding ortho intramolecular Hbond substituents is 1. The van der Waals surface area contributed by atoms with Crippen LogP contribution in [0.4, 0.5) is 5.95 Å². The number of hydrogen-bond acceptors (Lipinski definition) is 2. The van der Waals surface area contributed by atoms with E-state index in [1.54, 1.807) is 6.07 Å². The Balaban J connectivity index is 1.69. The van der Waals surface area contributed by atoms with E-state index in [0.29, 0.717) is 12.3 Å². The summed E-state index contributed by atoms with van der Waals surface area (Å²) in [5.41, 5.74) is 3.24. The molecule has 3 N–H and O–H groups in total. The number of aromatic hydroxyl groups is 1. The van der Waals surface area contributed by atoms with Gasteiger partial charge in [0.05, 0.1) is 13.1 Å². The van der Waals surface area contributed by atoms with Gasteiger partial charge in [-0.2, -0.15) is 0 Å². The number of nitrogens with zero attached hydrogens (tertiary/aromatic N) is 1. The van der Waals surface area contributed by atoms with Gasteiger partial charge in [0, 0.05) is 5.56 Å². The topological polar surface area (TPSA) is 51.9 Å². The first-order chi connectivity index (χ1) is 12.8. The summed E-state index contributed by atoms with van der Waals surface area (Å²) in [6.07, 6.45) is 2.27. The molecule has 4 heteroatoms. The number of fused-ring (bicyclic) bond motifs is 2. The van der Waals surface area contributed by atoms with Gasteiger partial charge in [-0.05, 0) is 35.4 Å². The molecule has 0 aliphatic carbocycles. The molecule has 0 radical (unpaired) electrons. The lowest BCUT2D eigenvalue weighted by Crippen LogP contribution is -2.36. The van der Waals surface area contributed by atoms with Crippen LogP contribution in [0.25, 0.3) is 21.8 Å². The van der Waals surface area contributed by atoms with Crippen LogP contribution in [0.15, 0.2) is 60.7 Å². The first-order valence-corrected chi connectivity index (χ1v) is 9.22. The van der Waals surface area contributed by atoms with Crippen LogP contribution in [0.5, 0.6) is 5.75 Å². The van der Waals surface area contributed by atoms with Crippen molar-refractivity contribution in [2.75, 3.05) is 5.32 Å². The van der Waals surface area contributed by atoms with Crippen molar-refractivity contribution in [3.05, 3.63) is 66.2 Å². The molecule has 0 aliphatic heterocycles. The molecule has 3 aromatic carbocycles. The van der Waals surface area contributed by atoms with E-state index in [1.165, 1.54) is 5.52 Å². The van der Waals surface area contributed by atoms with E-state index < -0.39 is 0 Å².